The van der Waals surface area contributed by atoms with Gasteiger partial charge in [-0.3, -0.25) is 4.90 Å². The Morgan fingerprint density at radius 3 is 2.71 bits per heavy atom. The summed E-state index contributed by atoms with van der Waals surface area (Å²) < 4.78 is 10.8. The first-order chi connectivity index (χ1) is 13.8. The lowest BCUT2D eigenvalue weighted by molar-refractivity contribution is 0.237. The number of anilines is 1. The Bertz CT molecular complexity index is 962. The van der Waals surface area contributed by atoms with Crippen molar-refractivity contribution >= 4 is 16.6 Å². The fourth-order valence-electron chi connectivity index (χ4n) is 3.58. The van der Waals surface area contributed by atoms with E-state index in [1.807, 2.05) is 6.92 Å². The summed E-state index contributed by atoms with van der Waals surface area (Å²) >= 11 is 0. The third-order valence-electron chi connectivity index (χ3n) is 5.59. The van der Waals surface area contributed by atoms with Gasteiger partial charge < -0.3 is 9.64 Å². The maximum atomic E-state index is 5.97. The van der Waals surface area contributed by atoms with Crippen molar-refractivity contribution in [3.63, 3.8) is 0 Å². The van der Waals surface area contributed by atoms with Gasteiger partial charge in [-0.2, -0.15) is 0 Å². The van der Waals surface area contributed by atoms with Crippen LogP contribution in [0.15, 0.2) is 29.2 Å². The number of fused-ring (bicyclic) bond motifs is 1. The lowest BCUT2D eigenvalue weighted by Crippen LogP contribution is -2.46. The predicted octanol–water partition coefficient (Wildman–Crippen LogP) is 2.43. The Hall–Kier alpha value is -2.74. The van der Waals surface area contributed by atoms with Gasteiger partial charge in [-0.1, -0.05) is 10.3 Å². The van der Waals surface area contributed by atoms with Crippen molar-refractivity contribution in [2.45, 2.75) is 26.3 Å². The van der Waals surface area contributed by atoms with Gasteiger partial charge in [-0.15, -0.1) is 0 Å². The molecule has 0 N–H and O–H groups in total. The highest BCUT2D eigenvalue weighted by molar-refractivity contribution is 5.86. The van der Waals surface area contributed by atoms with Crippen molar-refractivity contribution in [2.24, 2.45) is 5.92 Å². The van der Waals surface area contributed by atoms with Crippen LogP contribution in [0.1, 0.15) is 24.2 Å². The molecule has 2 aliphatic rings. The minimum atomic E-state index is 0.699. The lowest BCUT2D eigenvalue weighted by Gasteiger charge is -2.35. The summed E-state index contributed by atoms with van der Waals surface area (Å²) in [7, 11) is 0. The highest BCUT2D eigenvalue weighted by atomic mass is 16.6. The van der Waals surface area contributed by atoms with E-state index in [-0.39, 0.29) is 0 Å². The van der Waals surface area contributed by atoms with E-state index >= 15 is 0 Å². The first-order valence-electron chi connectivity index (χ1n) is 9.89. The van der Waals surface area contributed by atoms with Crippen LogP contribution < -0.4 is 9.64 Å². The summed E-state index contributed by atoms with van der Waals surface area (Å²) in [4.78, 5) is 13.6. The molecule has 0 unspecified atom stereocenters. The largest absolute Gasteiger partial charge is 0.477 e. The van der Waals surface area contributed by atoms with E-state index in [2.05, 4.69) is 48.3 Å². The van der Waals surface area contributed by atoms with E-state index in [4.69, 9.17) is 9.37 Å². The zero-order chi connectivity index (χ0) is 18.9. The van der Waals surface area contributed by atoms with Crippen LogP contribution in [0.3, 0.4) is 0 Å². The molecule has 0 bridgehead atoms. The van der Waals surface area contributed by atoms with Crippen molar-refractivity contribution in [1.82, 2.24) is 25.2 Å². The quantitative estimate of drug-likeness (QED) is 0.645. The Kier molecular flexibility index (Phi) is 4.56. The van der Waals surface area contributed by atoms with Gasteiger partial charge in [-0.25, -0.2) is 14.6 Å². The summed E-state index contributed by atoms with van der Waals surface area (Å²) in [6, 6.07) is 6.37. The number of hydrogen-bond acceptors (Lipinski definition) is 8. The molecule has 3 aromatic rings. The van der Waals surface area contributed by atoms with Crippen molar-refractivity contribution in [2.75, 3.05) is 37.7 Å². The van der Waals surface area contributed by atoms with Crippen LogP contribution in [-0.4, -0.2) is 58.0 Å². The van der Waals surface area contributed by atoms with E-state index in [0.717, 1.165) is 61.6 Å². The first-order valence-corrected chi connectivity index (χ1v) is 9.89. The van der Waals surface area contributed by atoms with E-state index in [1.54, 1.807) is 6.33 Å². The standard InChI is InChI=1S/C20H24N6O2/c1-14-19(24-28-23-14)11-25-6-8-26(9-7-25)16-4-5-18-17(10-16)20(22-13-21-18)27-12-15-2-3-15/h4-5,10,13,15H,2-3,6-9,11-12H2,1H3. The van der Waals surface area contributed by atoms with Gasteiger partial charge in [0.2, 0.25) is 5.88 Å². The fourth-order valence-corrected chi connectivity index (χ4v) is 3.58. The van der Waals surface area contributed by atoms with Gasteiger partial charge in [0.25, 0.3) is 0 Å². The molecule has 3 heterocycles. The van der Waals surface area contributed by atoms with Crippen molar-refractivity contribution in [3.8, 4) is 5.88 Å². The van der Waals surface area contributed by atoms with Crippen LogP contribution in [0, 0.1) is 12.8 Å². The molecule has 1 saturated heterocycles. The highest BCUT2D eigenvalue weighted by Gasteiger charge is 2.23. The number of piperazine rings is 1. The Balaban J connectivity index is 1.28. The number of benzene rings is 1. The van der Waals surface area contributed by atoms with Crippen LogP contribution in [-0.2, 0) is 6.54 Å². The molecule has 0 spiro atoms. The van der Waals surface area contributed by atoms with E-state index in [9.17, 15) is 0 Å². The molecule has 8 heteroatoms. The molecule has 0 atom stereocenters. The molecule has 1 saturated carbocycles. The molecular formula is C20H24N6O2. The van der Waals surface area contributed by atoms with Gasteiger partial charge in [0.05, 0.1) is 17.5 Å². The van der Waals surface area contributed by atoms with Crippen molar-refractivity contribution in [3.05, 3.63) is 35.9 Å². The minimum Gasteiger partial charge on any atom is -0.477 e. The summed E-state index contributed by atoms with van der Waals surface area (Å²) in [5.74, 6) is 1.40. The SMILES string of the molecule is Cc1nonc1CN1CCN(c2ccc3ncnc(OCC4CC4)c3c2)CC1. The Morgan fingerprint density at radius 2 is 1.96 bits per heavy atom. The molecule has 1 aliphatic carbocycles. The van der Waals surface area contributed by atoms with Gasteiger partial charge in [-0.05, 0) is 43.9 Å². The van der Waals surface area contributed by atoms with Gasteiger partial charge in [0, 0.05) is 38.4 Å². The van der Waals surface area contributed by atoms with Crippen LogP contribution in [0.2, 0.25) is 0 Å². The average Bonchev–Trinajstić information content (AvgIpc) is 3.48. The summed E-state index contributed by atoms with van der Waals surface area (Å²) in [6.07, 6.45) is 4.12. The second-order valence-corrected chi connectivity index (χ2v) is 7.69. The van der Waals surface area contributed by atoms with Gasteiger partial charge in [0.15, 0.2) is 0 Å². The molecule has 1 aromatic carbocycles. The number of aromatic nitrogens is 4. The van der Waals surface area contributed by atoms with Gasteiger partial charge >= 0.3 is 0 Å². The Morgan fingerprint density at radius 1 is 1.11 bits per heavy atom. The predicted molar refractivity (Wildman–Crippen MR) is 104 cm³/mol. The highest BCUT2D eigenvalue weighted by Crippen LogP contribution is 2.32. The maximum Gasteiger partial charge on any atom is 0.224 e. The third-order valence-corrected chi connectivity index (χ3v) is 5.59. The topological polar surface area (TPSA) is 80.4 Å². The molecule has 146 valence electrons. The first kappa shape index (κ1) is 17.4. The van der Waals surface area contributed by atoms with Crippen molar-refractivity contribution in [1.29, 1.82) is 0 Å². The minimum absolute atomic E-state index is 0.699. The zero-order valence-electron chi connectivity index (χ0n) is 16.0. The summed E-state index contributed by atoms with van der Waals surface area (Å²) in [6.45, 7) is 7.34. The normalized spacial score (nSPS) is 18.0. The van der Waals surface area contributed by atoms with E-state index in [0.29, 0.717) is 11.8 Å². The van der Waals surface area contributed by atoms with Crippen molar-refractivity contribution < 1.29 is 9.37 Å². The van der Waals surface area contributed by atoms with E-state index in [1.165, 1.54) is 18.5 Å². The molecule has 5 rings (SSSR count). The third kappa shape index (κ3) is 3.64. The van der Waals surface area contributed by atoms with Crippen LogP contribution >= 0.6 is 0 Å². The maximum absolute atomic E-state index is 5.97. The van der Waals surface area contributed by atoms with E-state index < -0.39 is 0 Å². The second kappa shape index (κ2) is 7.35. The number of aryl methyl sites for hydroxylation is 1. The number of ether oxygens (including phenoxy) is 1. The number of nitrogens with zero attached hydrogens (tertiary/aromatic N) is 6. The zero-order valence-corrected chi connectivity index (χ0v) is 16.0. The monoisotopic (exact) mass is 380 g/mol. The molecule has 0 radical (unpaired) electrons. The van der Waals surface area contributed by atoms with Gasteiger partial charge in [0.1, 0.15) is 17.7 Å². The smallest absolute Gasteiger partial charge is 0.224 e. The lowest BCUT2D eigenvalue weighted by atomic mass is 10.2. The van der Waals surface area contributed by atoms with Crippen LogP contribution in [0.5, 0.6) is 5.88 Å². The molecular weight excluding hydrogens is 356 g/mol. The van der Waals surface area contributed by atoms with Crippen LogP contribution in [0.4, 0.5) is 5.69 Å². The molecule has 2 aromatic heterocycles. The summed E-state index contributed by atoms with van der Waals surface area (Å²) in [5, 5.41) is 8.85. The number of rotatable bonds is 6. The molecule has 2 fully saturated rings. The Labute approximate surface area is 163 Å². The number of hydrogen-bond donors (Lipinski definition) is 0. The molecule has 28 heavy (non-hydrogen) atoms. The molecule has 8 nitrogen and oxygen atoms in total. The fraction of sp³-hybridized carbons (Fsp3) is 0.500. The summed E-state index contributed by atoms with van der Waals surface area (Å²) in [5.41, 5.74) is 3.92. The average molecular weight is 380 g/mol. The molecule has 1 aliphatic heterocycles. The second-order valence-electron chi connectivity index (χ2n) is 7.69. The molecule has 0 amide bonds. The van der Waals surface area contributed by atoms with Crippen LogP contribution in [0.25, 0.3) is 10.9 Å².